The van der Waals surface area contributed by atoms with Gasteiger partial charge >= 0.3 is 12.4 Å². The minimum Gasteiger partial charge on any atom is -0.342 e. The van der Waals surface area contributed by atoms with Crippen LogP contribution in [0.3, 0.4) is 0 Å². The highest BCUT2D eigenvalue weighted by atomic mass is 19.4. The lowest BCUT2D eigenvalue weighted by Crippen LogP contribution is -2.55. The highest BCUT2D eigenvalue weighted by Gasteiger charge is 2.52. The van der Waals surface area contributed by atoms with Crippen LogP contribution in [0.25, 0.3) is 0 Å². The summed E-state index contributed by atoms with van der Waals surface area (Å²) in [6.45, 7) is -0.760. The number of ketones is 1. The standard InChI is InChI=1S/C29H22F6N4O4/c30-28(31,32)17-11-16(12-18(13-17)29(33,34)35)15-39-22-7-2-1-5-19(22)23(40)14-21(25(39)42)37-26(43)27(8-9-27)38-24(41)20-6-3-4-10-36-20/h1-7,10-13,21H,8-9,14-15H2,(H,37,43)(H,38,41)/t21-/m1/s1. The van der Waals surface area contributed by atoms with Crippen LogP contribution in [0.1, 0.15) is 56.8 Å². The Bertz CT molecular complexity index is 1570. The van der Waals surface area contributed by atoms with Crippen LogP contribution in [0, 0.1) is 0 Å². The quantitative estimate of drug-likeness (QED) is 0.397. The van der Waals surface area contributed by atoms with E-state index in [4.69, 9.17) is 0 Å². The first-order valence-corrected chi connectivity index (χ1v) is 12.9. The van der Waals surface area contributed by atoms with Gasteiger partial charge in [0.1, 0.15) is 17.3 Å². The number of alkyl halides is 6. The number of aromatic nitrogens is 1. The summed E-state index contributed by atoms with van der Waals surface area (Å²) in [5.41, 5.74) is -4.99. The summed E-state index contributed by atoms with van der Waals surface area (Å²) < 4.78 is 81.0. The number of rotatable bonds is 6. The molecule has 2 N–H and O–H groups in total. The molecule has 3 aromatic rings. The molecule has 0 unspecified atom stereocenters. The number of fused-ring (bicyclic) bond motifs is 1. The van der Waals surface area contributed by atoms with Crippen molar-refractivity contribution >= 4 is 29.2 Å². The number of anilines is 1. The third-order valence-electron chi connectivity index (χ3n) is 7.18. The first-order valence-electron chi connectivity index (χ1n) is 12.9. The normalized spacial score (nSPS) is 18.0. The maximum Gasteiger partial charge on any atom is 0.416 e. The predicted molar refractivity (Wildman–Crippen MR) is 139 cm³/mol. The predicted octanol–water partition coefficient (Wildman–Crippen LogP) is 4.69. The minimum atomic E-state index is -5.11. The van der Waals surface area contributed by atoms with Crippen LogP contribution in [0.5, 0.6) is 0 Å². The molecule has 14 heteroatoms. The van der Waals surface area contributed by atoms with E-state index in [0.29, 0.717) is 12.1 Å². The second kappa shape index (κ2) is 10.8. The number of Topliss-reactive ketones (excluding diaryl/α,β-unsaturated/α-hetero) is 1. The second-order valence-electron chi connectivity index (χ2n) is 10.3. The molecule has 1 aliphatic heterocycles. The molecule has 224 valence electrons. The summed E-state index contributed by atoms with van der Waals surface area (Å²) in [6.07, 6.45) is -8.91. The number of nitrogens with one attached hydrogen (secondary N) is 2. The molecule has 1 aliphatic carbocycles. The number of carbonyl (C=O) groups excluding carboxylic acids is 4. The van der Waals surface area contributed by atoms with Gasteiger partial charge in [-0.25, -0.2) is 0 Å². The Hall–Kier alpha value is -4.75. The van der Waals surface area contributed by atoms with Gasteiger partial charge in [0.2, 0.25) is 11.8 Å². The summed E-state index contributed by atoms with van der Waals surface area (Å²) in [5, 5.41) is 5.06. The number of hydrogen-bond donors (Lipinski definition) is 2. The molecule has 2 aromatic carbocycles. The van der Waals surface area contributed by atoms with Crippen molar-refractivity contribution in [2.75, 3.05) is 4.90 Å². The van der Waals surface area contributed by atoms with E-state index in [1.807, 2.05) is 0 Å². The number of para-hydroxylation sites is 1. The SMILES string of the molecule is O=C(NC1(C(=O)N[C@@H]2CC(=O)c3ccccc3N(Cc3cc(C(F)(F)F)cc(C(F)(F)F)c3)C2=O)CC1)c1ccccn1. The van der Waals surface area contributed by atoms with Gasteiger partial charge in [-0.15, -0.1) is 0 Å². The molecule has 2 aliphatic rings. The first-order chi connectivity index (χ1) is 20.2. The number of carbonyl (C=O) groups is 4. The van der Waals surface area contributed by atoms with E-state index >= 15 is 0 Å². The zero-order valence-electron chi connectivity index (χ0n) is 22.1. The molecule has 3 amide bonds. The number of pyridine rings is 1. The van der Waals surface area contributed by atoms with Gasteiger partial charge < -0.3 is 15.5 Å². The lowest BCUT2D eigenvalue weighted by Gasteiger charge is -2.28. The topological polar surface area (TPSA) is 108 Å². The van der Waals surface area contributed by atoms with Gasteiger partial charge in [0.25, 0.3) is 5.91 Å². The Kier molecular flexibility index (Phi) is 7.48. The molecule has 43 heavy (non-hydrogen) atoms. The van der Waals surface area contributed by atoms with E-state index in [1.54, 1.807) is 12.1 Å². The van der Waals surface area contributed by atoms with Gasteiger partial charge in [0, 0.05) is 18.2 Å². The van der Waals surface area contributed by atoms with Gasteiger partial charge in [0.05, 0.1) is 23.4 Å². The summed E-state index contributed by atoms with van der Waals surface area (Å²) >= 11 is 0. The van der Waals surface area contributed by atoms with E-state index in [1.165, 1.54) is 36.5 Å². The van der Waals surface area contributed by atoms with Crippen molar-refractivity contribution in [3.63, 3.8) is 0 Å². The lowest BCUT2D eigenvalue weighted by atomic mass is 10.0. The molecule has 1 atom stereocenters. The average molecular weight is 605 g/mol. The third kappa shape index (κ3) is 6.22. The van der Waals surface area contributed by atoms with Gasteiger partial charge in [-0.3, -0.25) is 24.2 Å². The molecule has 1 fully saturated rings. The Labute approximate surface area is 240 Å². The number of hydrogen-bond acceptors (Lipinski definition) is 5. The molecular formula is C29H22F6N4O4. The second-order valence-corrected chi connectivity index (χ2v) is 10.3. The van der Waals surface area contributed by atoms with Crippen molar-refractivity contribution in [3.05, 3.63) is 94.8 Å². The molecular weight excluding hydrogens is 582 g/mol. The van der Waals surface area contributed by atoms with Gasteiger partial charge in [0.15, 0.2) is 5.78 Å². The van der Waals surface area contributed by atoms with Crippen molar-refractivity contribution in [1.29, 1.82) is 0 Å². The average Bonchev–Trinajstić information content (AvgIpc) is 3.75. The van der Waals surface area contributed by atoms with Crippen LogP contribution in [-0.4, -0.2) is 40.1 Å². The van der Waals surface area contributed by atoms with E-state index < -0.39 is 77.1 Å². The Morgan fingerprint density at radius 1 is 0.907 bits per heavy atom. The van der Waals surface area contributed by atoms with Gasteiger partial charge in [-0.1, -0.05) is 18.2 Å². The van der Waals surface area contributed by atoms with Crippen LogP contribution in [-0.2, 0) is 28.5 Å². The van der Waals surface area contributed by atoms with Crippen LogP contribution in [0.2, 0.25) is 0 Å². The molecule has 1 saturated carbocycles. The molecule has 0 saturated heterocycles. The fraction of sp³-hybridized carbons (Fsp3) is 0.276. The maximum atomic E-state index is 13.8. The third-order valence-corrected chi connectivity index (χ3v) is 7.18. The monoisotopic (exact) mass is 604 g/mol. The maximum absolute atomic E-state index is 13.8. The number of halogens is 6. The van der Waals surface area contributed by atoms with E-state index in [0.717, 1.165) is 4.90 Å². The van der Waals surface area contributed by atoms with Crippen molar-refractivity contribution in [1.82, 2.24) is 15.6 Å². The number of benzene rings is 2. The van der Waals surface area contributed by atoms with Gasteiger partial charge in [-0.2, -0.15) is 26.3 Å². The Morgan fingerprint density at radius 3 is 2.12 bits per heavy atom. The molecule has 8 nitrogen and oxygen atoms in total. The van der Waals surface area contributed by atoms with Crippen LogP contribution < -0.4 is 15.5 Å². The zero-order chi connectivity index (χ0) is 31.2. The van der Waals surface area contributed by atoms with Gasteiger partial charge in [-0.05, 0) is 60.9 Å². The van der Waals surface area contributed by atoms with Crippen LogP contribution in [0.15, 0.2) is 66.9 Å². The fourth-order valence-corrected chi connectivity index (χ4v) is 4.81. The summed E-state index contributed by atoms with van der Waals surface area (Å²) in [4.78, 5) is 57.6. The fourth-order valence-electron chi connectivity index (χ4n) is 4.81. The lowest BCUT2D eigenvalue weighted by molar-refractivity contribution is -0.143. The largest absolute Gasteiger partial charge is 0.416 e. The van der Waals surface area contributed by atoms with Crippen molar-refractivity contribution in [2.45, 2.75) is 49.7 Å². The summed E-state index contributed by atoms with van der Waals surface area (Å²) in [6, 6.07) is 9.69. The van der Waals surface area contributed by atoms with Crippen molar-refractivity contribution < 1.29 is 45.5 Å². The number of nitrogens with zero attached hydrogens (tertiary/aromatic N) is 2. The van der Waals surface area contributed by atoms with Crippen LogP contribution >= 0.6 is 0 Å². The number of amides is 3. The van der Waals surface area contributed by atoms with E-state index in [2.05, 4.69) is 15.6 Å². The molecule has 0 spiro atoms. The minimum absolute atomic E-state index is 0.000194. The molecule has 0 bridgehead atoms. The Balaban J connectivity index is 1.45. The summed E-state index contributed by atoms with van der Waals surface area (Å²) in [7, 11) is 0. The van der Waals surface area contributed by atoms with E-state index in [-0.39, 0.29) is 35.9 Å². The molecule has 0 radical (unpaired) electrons. The molecule has 2 heterocycles. The van der Waals surface area contributed by atoms with Crippen molar-refractivity contribution in [3.8, 4) is 0 Å². The van der Waals surface area contributed by atoms with Crippen molar-refractivity contribution in [2.24, 2.45) is 0 Å². The highest BCUT2D eigenvalue weighted by molar-refractivity contribution is 6.13. The summed E-state index contributed by atoms with van der Waals surface area (Å²) in [5.74, 6) is -2.92. The highest BCUT2D eigenvalue weighted by Crippen LogP contribution is 2.39. The first kappa shape index (κ1) is 29.7. The Morgan fingerprint density at radius 2 is 1.53 bits per heavy atom. The van der Waals surface area contributed by atoms with E-state index in [9.17, 15) is 45.5 Å². The van der Waals surface area contributed by atoms with Crippen LogP contribution in [0.4, 0.5) is 32.0 Å². The zero-order valence-corrected chi connectivity index (χ0v) is 22.1. The molecule has 5 rings (SSSR count). The molecule has 1 aromatic heterocycles. The smallest absolute Gasteiger partial charge is 0.342 e.